The molecule has 0 saturated carbocycles. The lowest BCUT2D eigenvalue weighted by atomic mass is 9.31. The minimum Gasteiger partial charge on any atom is -0.406 e. The second-order valence-electron chi connectivity index (χ2n) is 24.5. The van der Waals surface area contributed by atoms with Crippen LogP contribution in [-0.4, -0.2) is 13.1 Å². The van der Waals surface area contributed by atoms with E-state index in [1.54, 1.807) is 12.1 Å². The van der Waals surface area contributed by atoms with Crippen molar-refractivity contribution < 1.29 is 17.9 Å². The van der Waals surface area contributed by atoms with E-state index in [-0.39, 0.29) is 51.4 Å². The molecule has 6 aromatic rings. The molecule has 2 atom stereocenters. The van der Waals surface area contributed by atoms with E-state index in [0.29, 0.717) is 0 Å². The summed E-state index contributed by atoms with van der Waals surface area (Å²) in [6.45, 7) is 32.2. The predicted octanol–water partition coefficient (Wildman–Crippen LogP) is 16.1. The van der Waals surface area contributed by atoms with E-state index in [1.165, 1.54) is 76.8 Å². The van der Waals surface area contributed by atoms with Gasteiger partial charge in [-0.2, -0.15) is 0 Å². The summed E-state index contributed by atoms with van der Waals surface area (Å²) in [7, 11) is 0. The lowest BCUT2D eigenvalue weighted by molar-refractivity contribution is -0.274. The molecule has 0 amide bonds. The first-order valence-corrected chi connectivity index (χ1v) is 25.3. The molecule has 8 heteroatoms. The average molecular weight is 931 g/mol. The van der Waals surface area contributed by atoms with Gasteiger partial charge in [0.1, 0.15) is 5.75 Å². The largest absolute Gasteiger partial charge is 0.573 e. The van der Waals surface area contributed by atoms with Gasteiger partial charge in [0.2, 0.25) is 0 Å². The highest BCUT2D eigenvalue weighted by Gasteiger charge is 2.52. The Kier molecular flexibility index (Phi) is 10.5. The number of thiophene rings is 1. The van der Waals surface area contributed by atoms with E-state index in [0.717, 1.165) is 35.5 Å². The highest BCUT2D eigenvalue weighted by Crippen LogP contribution is 2.56. The molecular weight excluding hydrogens is 865 g/mol. The molecule has 4 aliphatic rings. The second kappa shape index (κ2) is 15.4. The fourth-order valence-electron chi connectivity index (χ4n) is 11.6. The Hall–Kier alpha value is -5.21. The SMILES string of the molecule is CC1C2=C3B(c4cc5c(cc4N2c2ccc(C(C)(C)C)cc2)C(C)(C)CCC5(C)C)c2c(sc4ccc(C(C)(C)C)cc24)N(c2ccc(C(C)(C)C)cc2)C3=CC1c1cccc(OC(F)(F)F)c1. The molecule has 2 aliphatic carbocycles. The van der Waals surface area contributed by atoms with Gasteiger partial charge in [-0.25, -0.2) is 0 Å². The van der Waals surface area contributed by atoms with Gasteiger partial charge in [-0.15, -0.1) is 24.5 Å². The maximum Gasteiger partial charge on any atom is 0.573 e. The van der Waals surface area contributed by atoms with Crippen molar-refractivity contribution in [3.05, 3.63) is 159 Å². The summed E-state index contributed by atoms with van der Waals surface area (Å²) in [5.41, 5.74) is 16.6. The van der Waals surface area contributed by atoms with Crippen LogP contribution in [0.1, 0.15) is 149 Å². The van der Waals surface area contributed by atoms with Crippen molar-refractivity contribution in [3.63, 3.8) is 0 Å². The number of allylic oxidation sites excluding steroid dienone is 3. The van der Waals surface area contributed by atoms with E-state index < -0.39 is 6.36 Å². The topological polar surface area (TPSA) is 15.7 Å². The number of ether oxygens (including phenoxy) is 1. The zero-order valence-corrected chi connectivity index (χ0v) is 43.2. The van der Waals surface area contributed by atoms with Gasteiger partial charge in [0, 0.05) is 45.0 Å². The molecule has 0 fully saturated rings. The second-order valence-corrected chi connectivity index (χ2v) is 25.5. The smallest absolute Gasteiger partial charge is 0.406 e. The van der Waals surface area contributed by atoms with E-state index in [4.69, 9.17) is 0 Å². The summed E-state index contributed by atoms with van der Waals surface area (Å²) < 4.78 is 47.5. The molecule has 5 aromatic carbocycles. The first-order valence-electron chi connectivity index (χ1n) is 24.5. The molecule has 1 aromatic heterocycles. The van der Waals surface area contributed by atoms with Crippen LogP contribution in [0.2, 0.25) is 0 Å². The van der Waals surface area contributed by atoms with Crippen LogP contribution in [0.4, 0.5) is 35.2 Å². The van der Waals surface area contributed by atoms with Crippen LogP contribution >= 0.6 is 11.3 Å². The van der Waals surface area contributed by atoms with Crippen LogP contribution in [0.5, 0.6) is 5.75 Å². The van der Waals surface area contributed by atoms with Gasteiger partial charge in [0.15, 0.2) is 0 Å². The van der Waals surface area contributed by atoms with Crippen molar-refractivity contribution >= 4 is 61.1 Å². The van der Waals surface area contributed by atoms with Crippen molar-refractivity contribution in [1.29, 1.82) is 0 Å². The van der Waals surface area contributed by atoms with Gasteiger partial charge >= 0.3 is 6.36 Å². The van der Waals surface area contributed by atoms with E-state index >= 15 is 0 Å². The molecule has 0 radical (unpaired) electrons. The number of anilines is 4. The summed E-state index contributed by atoms with van der Waals surface area (Å²) in [6.07, 6.45) is -0.259. The lowest BCUT2D eigenvalue weighted by Crippen LogP contribution is -2.58. The predicted molar refractivity (Wildman–Crippen MR) is 282 cm³/mol. The molecule has 2 unspecified atom stereocenters. The third kappa shape index (κ3) is 7.72. The monoisotopic (exact) mass is 930 g/mol. The van der Waals surface area contributed by atoms with Gasteiger partial charge in [-0.05, 0) is 144 Å². The van der Waals surface area contributed by atoms with Crippen LogP contribution in [0.15, 0.2) is 126 Å². The molecule has 2 aliphatic heterocycles. The molecule has 0 bridgehead atoms. The molecule has 0 N–H and O–H groups in total. The minimum atomic E-state index is -4.81. The normalized spacial score (nSPS) is 19.9. The van der Waals surface area contributed by atoms with Crippen molar-refractivity contribution in [2.75, 3.05) is 9.80 Å². The fraction of sp³-hybridized carbons (Fsp3) is 0.400. The highest BCUT2D eigenvalue weighted by atomic mass is 32.1. The average Bonchev–Trinajstić information content (AvgIpc) is 3.63. The summed E-state index contributed by atoms with van der Waals surface area (Å²) in [6, 6.07) is 37.1. The third-order valence-electron chi connectivity index (χ3n) is 15.7. The number of rotatable bonds is 4. The Morgan fingerprint density at radius 3 is 1.75 bits per heavy atom. The Morgan fingerprint density at radius 2 is 1.19 bits per heavy atom. The summed E-state index contributed by atoms with van der Waals surface area (Å²) in [5, 5.41) is 2.46. The first kappa shape index (κ1) is 46.5. The van der Waals surface area contributed by atoms with Gasteiger partial charge in [-0.3, -0.25) is 0 Å². The maximum absolute atomic E-state index is 13.9. The van der Waals surface area contributed by atoms with Crippen molar-refractivity contribution in [2.24, 2.45) is 5.92 Å². The number of hydrogen-bond donors (Lipinski definition) is 0. The zero-order valence-electron chi connectivity index (χ0n) is 42.4. The molecule has 3 heterocycles. The zero-order chi connectivity index (χ0) is 48.8. The van der Waals surface area contributed by atoms with Crippen LogP contribution in [-0.2, 0) is 27.1 Å². The Bertz CT molecular complexity index is 3060. The van der Waals surface area contributed by atoms with Gasteiger partial charge < -0.3 is 14.5 Å². The Morgan fingerprint density at radius 1 is 0.647 bits per heavy atom. The van der Waals surface area contributed by atoms with Crippen LogP contribution < -0.4 is 25.5 Å². The van der Waals surface area contributed by atoms with Gasteiger partial charge in [0.05, 0.1) is 5.00 Å². The van der Waals surface area contributed by atoms with Crippen LogP contribution in [0, 0.1) is 5.92 Å². The van der Waals surface area contributed by atoms with E-state index in [2.05, 4.69) is 196 Å². The number of alkyl halides is 3. The number of nitrogens with zero attached hydrogens (tertiary/aromatic N) is 2. The standard InChI is InChI=1S/C60H66BF3N2OS/c1-35-43(36-16-15-17-42(30-36)67-60(62,63)64)32-49-52-53(35)65(40-23-18-37(19-24-40)55(2,3)4)48-34-46-45(58(11,12)28-29-59(46,13)14)33-47(48)61(52)51-44-31-39(57(8,9)10)22-27-50(44)68-54(51)66(49)41-25-20-38(21-26-41)56(5,6)7/h15-27,30-35,43H,28-29H2,1-14H3. The van der Waals surface area contributed by atoms with Gasteiger partial charge in [-0.1, -0.05) is 158 Å². The minimum absolute atomic E-state index is 0.0324. The highest BCUT2D eigenvalue weighted by molar-refractivity contribution is 7.26. The van der Waals surface area contributed by atoms with E-state index in [9.17, 15) is 13.2 Å². The lowest BCUT2D eigenvalue weighted by Gasteiger charge is -2.51. The van der Waals surface area contributed by atoms with Crippen molar-refractivity contribution in [3.8, 4) is 5.75 Å². The molecule has 68 heavy (non-hydrogen) atoms. The van der Waals surface area contributed by atoms with Gasteiger partial charge in [0.25, 0.3) is 6.71 Å². The number of halogens is 3. The number of fused-ring (bicyclic) bond motifs is 7. The summed E-state index contributed by atoms with van der Waals surface area (Å²) in [4.78, 5) is 5.04. The maximum atomic E-state index is 13.9. The number of benzene rings is 5. The molecular formula is C60H66BF3N2OS. The third-order valence-corrected chi connectivity index (χ3v) is 16.9. The molecule has 0 saturated heterocycles. The fourth-order valence-corrected chi connectivity index (χ4v) is 12.8. The summed E-state index contributed by atoms with van der Waals surface area (Å²) in [5.74, 6) is -0.667. The molecule has 10 rings (SSSR count). The summed E-state index contributed by atoms with van der Waals surface area (Å²) >= 11 is 1.85. The molecule has 0 spiro atoms. The van der Waals surface area contributed by atoms with Crippen LogP contribution in [0.25, 0.3) is 10.1 Å². The first-order chi connectivity index (χ1) is 31.6. The Balaban J connectivity index is 1.35. The van der Waals surface area contributed by atoms with E-state index in [1.807, 2.05) is 17.4 Å². The van der Waals surface area contributed by atoms with Crippen molar-refractivity contribution in [2.45, 2.75) is 149 Å². The Labute approximate surface area is 407 Å². The van der Waals surface area contributed by atoms with Crippen molar-refractivity contribution in [1.82, 2.24) is 0 Å². The quantitative estimate of drug-likeness (QED) is 0.164. The number of hydrogen-bond acceptors (Lipinski definition) is 4. The molecule has 352 valence electrons. The molecule has 3 nitrogen and oxygen atoms in total. The van der Waals surface area contributed by atoms with Crippen LogP contribution in [0.3, 0.4) is 0 Å².